The van der Waals surface area contributed by atoms with Crippen molar-refractivity contribution in [1.29, 1.82) is 0 Å². The molecule has 0 aliphatic carbocycles. The Kier molecular flexibility index (Phi) is 4.88. The fourth-order valence-electron chi connectivity index (χ4n) is 3.42. The molecule has 0 atom stereocenters. The van der Waals surface area contributed by atoms with Gasteiger partial charge in [-0.2, -0.15) is 0 Å². The molecule has 2 heterocycles. The zero-order valence-electron chi connectivity index (χ0n) is 16.5. The molecule has 2 aliphatic heterocycles. The van der Waals surface area contributed by atoms with E-state index < -0.39 is 23.1 Å². The molecule has 2 saturated heterocycles. The van der Waals surface area contributed by atoms with E-state index in [2.05, 4.69) is 10.6 Å². The van der Waals surface area contributed by atoms with Crippen LogP contribution in [-0.4, -0.2) is 58.1 Å². The van der Waals surface area contributed by atoms with Crippen LogP contribution in [0.4, 0.5) is 9.59 Å². The van der Waals surface area contributed by atoms with E-state index in [1.807, 2.05) is 30.3 Å². The summed E-state index contributed by atoms with van der Waals surface area (Å²) in [6.45, 7) is 7.10. The molecule has 3 N–H and O–H groups in total. The molecular formula is C19H26N5O4+. The summed E-state index contributed by atoms with van der Waals surface area (Å²) in [5.41, 5.74) is -0.981. The van der Waals surface area contributed by atoms with Crippen LogP contribution < -0.4 is 15.5 Å². The smallest absolute Gasteiger partial charge is 0.323 e. The van der Waals surface area contributed by atoms with Crippen LogP contribution in [0.5, 0.6) is 0 Å². The van der Waals surface area contributed by atoms with E-state index in [-0.39, 0.29) is 25.2 Å². The van der Waals surface area contributed by atoms with Gasteiger partial charge in [0.1, 0.15) is 17.6 Å². The normalized spacial score (nSPS) is 20.8. The average Bonchev–Trinajstić information content (AvgIpc) is 2.92. The topological polar surface area (TPSA) is 103 Å². The molecule has 6 amide bonds. The van der Waals surface area contributed by atoms with Crippen molar-refractivity contribution in [3.8, 4) is 0 Å². The quantitative estimate of drug-likeness (QED) is 0.580. The van der Waals surface area contributed by atoms with Gasteiger partial charge in [-0.1, -0.05) is 30.3 Å². The van der Waals surface area contributed by atoms with E-state index >= 15 is 0 Å². The van der Waals surface area contributed by atoms with Crippen LogP contribution in [0.2, 0.25) is 0 Å². The minimum Gasteiger partial charge on any atom is -0.323 e. The molecule has 0 spiro atoms. The summed E-state index contributed by atoms with van der Waals surface area (Å²) in [6, 6.07) is 8.57. The Hall–Kier alpha value is -2.94. The number of hydrogen-bond donors (Lipinski definition) is 3. The zero-order chi connectivity index (χ0) is 20.7. The van der Waals surface area contributed by atoms with E-state index in [0.717, 1.165) is 15.4 Å². The maximum absolute atomic E-state index is 12.6. The third-order valence-electron chi connectivity index (χ3n) is 4.95. The van der Waals surface area contributed by atoms with Gasteiger partial charge < -0.3 is 10.6 Å². The van der Waals surface area contributed by atoms with Crippen molar-refractivity contribution in [1.82, 2.24) is 20.4 Å². The second kappa shape index (κ2) is 6.90. The van der Waals surface area contributed by atoms with Crippen LogP contribution in [0.25, 0.3) is 0 Å². The predicted molar refractivity (Wildman–Crippen MR) is 99.8 cm³/mol. The number of nitrogens with one attached hydrogen (secondary N) is 3. The van der Waals surface area contributed by atoms with Crippen LogP contribution in [-0.2, 0) is 16.1 Å². The van der Waals surface area contributed by atoms with Crippen LogP contribution in [0.3, 0.4) is 0 Å². The molecule has 9 heteroatoms. The van der Waals surface area contributed by atoms with Crippen molar-refractivity contribution in [2.45, 2.75) is 45.3 Å². The highest BCUT2D eigenvalue weighted by atomic mass is 16.2. The number of rotatable bonds is 6. The van der Waals surface area contributed by atoms with E-state index in [1.165, 1.54) is 0 Å². The summed E-state index contributed by atoms with van der Waals surface area (Å²) in [6.07, 6.45) is 0. The van der Waals surface area contributed by atoms with Crippen molar-refractivity contribution in [2.75, 3.05) is 13.3 Å². The number of nitrogens with zero attached hydrogens (tertiary/aromatic N) is 2. The molecule has 1 aromatic rings. The van der Waals surface area contributed by atoms with Gasteiger partial charge in [-0.3, -0.25) is 14.5 Å². The molecule has 2 aliphatic rings. The van der Waals surface area contributed by atoms with Gasteiger partial charge in [-0.25, -0.2) is 19.4 Å². The first kappa shape index (κ1) is 19.8. The Balaban J connectivity index is 1.82. The van der Waals surface area contributed by atoms with Gasteiger partial charge >= 0.3 is 12.1 Å². The van der Waals surface area contributed by atoms with Gasteiger partial charge in [0.2, 0.25) is 0 Å². The zero-order valence-corrected chi connectivity index (χ0v) is 16.5. The standard InChI is InChI=1S/C19H25N5O4/c1-18(2)14(25)23(16(27)20-18)11-22(10-13-8-6-5-7-9-13)12-24-15(26)19(3,4)21-17(24)28/h5-9H,10-12H2,1-4H3,(H,20,27)(H,21,28)/p+1. The first-order valence-corrected chi connectivity index (χ1v) is 9.17. The summed E-state index contributed by atoms with van der Waals surface area (Å²) in [4.78, 5) is 52.7. The van der Waals surface area contributed by atoms with E-state index in [1.54, 1.807) is 27.7 Å². The highest BCUT2D eigenvalue weighted by Gasteiger charge is 2.48. The molecule has 0 aromatic heterocycles. The van der Waals surface area contributed by atoms with Crippen LogP contribution in [0, 0.1) is 0 Å². The number of quaternary nitrogens is 1. The Morgan fingerprint density at radius 1 is 0.786 bits per heavy atom. The van der Waals surface area contributed by atoms with Crippen molar-refractivity contribution in [3.05, 3.63) is 35.9 Å². The van der Waals surface area contributed by atoms with Crippen molar-refractivity contribution in [2.24, 2.45) is 0 Å². The van der Waals surface area contributed by atoms with Gasteiger partial charge in [0.15, 0.2) is 13.3 Å². The lowest BCUT2D eigenvalue weighted by atomic mass is 10.1. The Bertz CT molecular complexity index is 773. The SMILES string of the molecule is CC1(C)NC(=O)N(C[NH+](Cc2ccccc2)CN2C(=O)NC(C)(C)C2=O)C1=O. The molecule has 0 unspecified atom stereocenters. The average molecular weight is 388 g/mol. The Morgan fingerprint density at radius 3 is 1.57 bits per heavy atom. The fraction of sp³-hybridized carbons (Fsp3) is 0.474. The number of urea groups is 2. The first-order valence-electron chi connectivity index (χ1n) is 9.17. The maximum Gasteiger partial charge on any atom is 0.329 e. The number of benzene rings is 1. The summed E-state index contributed by atoms with van der Waals surface area (Å²) in [5, 5.41) is 5.30. The van der Waals surface area contributed by atoms with Crippen LogP contribution >= 0.6 is 0 Å². The molecule has 2 fully saturated rings. The van der Waals surface area contributed by atoms with Gasteiger partial charge in [-0.15, -0.1) is 0 Å². The summed E-state index contributed by atoms with van der Waals surface area (Å²) in [7, 11) is 0. The maximum atomic E-state index is 12.6. The largest absolute Gasteiger partial charge is 0.329 e. The Morgan fingerprint density at radius 2 is 1.21 bits per heavy atom. The van der Waals surface area contributed by atoms with E-state index in [4.69, 9.17) is 0 Å². The molecule has 9 nitrogen and oxygen atoms in total. The van der Waals surface area contributed by atoms with E-state index in [9.17, 15) is 19.2 Å². The third kappa shape index (κ3) is 3.70. The highest BCUT2D eigenvalue weighted by molar-refractivity contribution is 6.07. The number of amides is 6. The number of imide groups is 2. The molecular weight excluding hydrogens is 362 g/mol. The fourth-order valence-corrected chi connectivity index (χ4v) is 3.42. The number of carbonyl (C=O) groups is 4. The van der Waals surface area contributed by atoms with Gasteiger partial charge in [0.05, 0.1) is 0 Å². The molecule has 0 radical (unpaired) electrons. The molecule has 3 rings (SSSR count). The first-order chi connectivity index (χ1) is 13.0. The Labute approximate surface area is 163 Å². The van der Waals surface area contributed by atoms with Crippen molar-refractivity contribution in [3.63, 3.8) is 0 Å². The number of hydrogen-bond acceptors (Lipinski definition) is 4. The number of carbonyl (C=O) groups excluding carboxylic acids is 4. The predicted octanol–water partition coefficient (Wildman–Crippen LogP) is -0.353. The van der Waals surface area contributed by atoms with Gasteiger partial charge in [0, 0.05) is 5.56 Å². The lowest BCUT2D eigenvalue weighted by Gasteiger charge is -2.27. The summed E-state index contributed by atoms with van der Waals surface area (Å²) >= 11 is 0. The van der Waals surface area contributed by atoms with Crippen LogP contribution in [0.15, 0.2) is 30.3 Å². The van der Waals surface area contributed by atoms with Gasteiger partial charge in [0.25, 0.3) is 11.8 Å². The summed E-state index contributed by atoms with van der Waals surface area (Å²) in [5.74, 6) is -0.666. The lowest BCUT2D eigenvalue weighted by Crippen LogP contribution is -3.14. The van der Waals surface area contributed by atoms with Crippen LogP contribution in [0.1, 0.15) is 33.3 Å². The third-order valence-corrected chi connectivity index (χ3v) is 4.95. The second-order valence-electron chi connectivity index (χ2n) is 8.31. The molecule has 1 aromatic carbocycles. The molecule has 28 heavy (non-hydrogen) atoms. The molecule has 0 saturated carbocycles. The monoisotopic (exact) mass is 388 g/mol. The van der Waals surface area contributed by atoms with E-state index in [0.29, 0.717) is 11.4 Å². The van der Waals surface area contributed by atoms with Crippen molar-refractivity contribution < 1.29 is 24.1 Å². The minimum absolute atomic E-state index is 0.0421. The van der Waals surface area contributed by atoms with Crippen molar-refractivity contribution >= 4 is 23.9 Å². The molecule has 150 valence electrons. The van der Waals surface area contributed by atoms with Gasteiger partial charge in [-0.05, 0) is 27.7 Å². The highest BCUT2D eigenvalue weighted by Crippen LogP contribution is 2.16. The lowest BCUT2D eigenvalue weighted by molar-refractivity contribution is -0.928. The second-order valence-corrected chi connectivity index (χ2v) is 8.31. The molecule has 0 bridgehead atoms. The summed E-state index contributed by atoms with van der Waals surface area (Å²) < 4.78 is 0. The minimum atomic E-state index is -0.974.